The molecule has 4 nitrogen and oxygen atoms in total. The normalized spacial score (nSPS) is 22.8. The predicted molar refractivity (Wildman–Crippen MR) is 86.9 cm³/mol. The Morgan fingerprint density at radius 3 is 2.27 bits per heavy atom. The molecule has 0 aromatic heterocycles. The number of carboxylic acid groups (broad SMARTS) is 1. The number of aliphatic carboxylic acids is 1. The molecule has 1 unspecified atom stereocenters. The second-order valence-corrected chi connectivity index (χ2v) is 6.30. The fourth-order valence-corrected chi connectivity index (χ4v) is 3.07. The molecule has 4 heteroatoms. The minimum atomic E-state index is -0.843. The van der Waals surface area contributed by atoms with Crippen LogP contribution in [0.3, 0.4) is 0 Å². The van der Waals surface area contributed by atoms with E-state index in [1.807, 2.05) is 0 Å². The first kappa shape index (κ1) is 16.5. The van der Waals surface area contributed by atoms with Gasteiger partial charge in [-0.3, -0.25) is 9.59 Å². The van der Waals surface area contributed by atoms with Crippen LogP contribution in [0.4, 0.5) is 5.69 Å². The van der Waals surface area contributed by atoms with Crippen molar-refractivity contribution in [3.8, 4) is 0 Å². The third-order valence-electron chi connectivity index (χ3n) is 4.84. The van der Waals surface area contributed by atoms with Crippen LogP contribution in [0.2, 0.25) is 0 Å². The van der Waals surface area contributed by atoms with Crippen LogP contribution < -0.4 is 5.32 Å². The maximum atomic E-state index is 12.3. The summed E-state index contributed by atoms with van der Waals surface area (Å²) in [7, 11) is 0. The maximum absolute atomic E-state index is 12.3. The van der Waals surface area contributed by atoms with Crippen LogP contribution in [0.15, 0.2) is 24.3 Å². The number of hydrogen-bond acceptors (Lipinski definition) is 2. The van der Waals surface area contributed by atoms with Crippen LogP contribution in [0.25, 0.3) is 0 Å². The minimum Gasteiger partial charge on any atom is -0.481 e. The molecule has 0 radical (unpaired) electrons. The molecule has 1 fully saturated rings. The Kier molecular flexibility index (Phi) is 5.58. The molecule has 0 aliphatic heterocycles. The molecule has 22 heavy (non-hydrogen) atoms. The molecule has 0 spiro atoms. The number of rotatable bonds is 5. The number of benzene rings is 1. The lowest BCUT2D eigenvalue weighted by Gasteiger charge is -2.26. The quantitative estimate of drug-likeness (QED) is 0.863. The van der Waals surface area contributed by atoms with Crippen LogP contribution in [0, 0.1) is 11.8 Å². The predicted octanol–water partition coefficient (Wildman–Crippen LogP) is 4.03. The van der Waals surface area contributed by atoms with Crippen molar-refractivity contribution in [1.82, 2.24) is 0 Å². The van der Waals surface area contributed by atoms with Gasteiger partial charge in [0.05, 0.1) is 5.92 Å². The molecular formula is C18H25NO3. The van der Waals surface area contributed by atoms with Gasteiger partial charge in [-0.1, -0.05) is 25.5 Å². The van der Waals surface area contributed by atoms with Gasteiger partial charge in [0.25, 0.3) is 0 Å². The molecule has 0 heterocycles. The minimum absolute atomic E-state index is 0.0913. The van der Waals surface area contributed by atoms with Gasteiger partial charge in [-0.15, -0.1) is 0 Å². The first-order valence-corrected chi connectivity index (χ1v) is 8.14. The van der Waals surface area contributed by atoms with Crippen molar-refractivity contribution in [3.05, 3.63) is 29.8 Å². The lowest BCUT2D eigenvalue weighted by atomic mass is 9.80. The monoisotopic (exact) mass is 303 g/mol. The largest absolute Gasteiger partial charge is 0.481 e. The average molecular weight is 303 g/mol. The zero-order valence-electron chi connectivity index (χ0n) is 13.3. The summed E-state index contributed by atoms with van der Waals surface area (Å²) >= 11 is 0. The highest BCUT2D eigenvalue weighted by atomic mass is 16.4. The van der Waals surface area contributed by atoms with Gasteiger partial charge in [-0.2, -0.15) is 0 Å². The molecule has 1 aromatic rings. The van der Waals surface area contributed by atoms with Crippen LogP contribution in [-0.4, -0.2) is 17.0 Å². The summed E-state index contributed by atoms with van der Waals surface area (Å²) in [4.78, 5) is 23.2. The van der Waals surface area contributed by atoms with Crippen molar-refractivity contribution in [1.29, 1.82) is 0 Å². The molecule has 1 saturated carbocycles. The lowest BCUT2D eigenvalue weighted by molar-refractivity contribution is -0.138. The molecule has 0 bridgehead atoms. The van der Waals surface area contributed by atoms with E-state index >= 15 is 0 Å². The Morgan fingerprint density at radius 2 is 1.77 bits per heavy atom. The second kappa shape index (κ2) is 7.43. The van der Waals surface area contributed by atoms with Crippen molar-refractivity contribution in [2.45, 2.75) is 51.9 Å². The summed E-state index contributed by atoms with van der Waals surface area (Å²) in [5, 5.41) is 11.9. The van der Waals surface area contributed by atoms with E-state index in [1.54, 1.807) is 31.2 Å². The number of hydrogen-bond donors (Lipinski definition) is 2. The number of carbonyl (C=O) groups excluding carboxylic acids is 1. The molecule has 1 aliphatic rings. The summed E-state index contributed by atoms with van der Waals surface area (Å²) < 4.78 is 0. The Hall–Kier alpha value is -1.84. The van der Waals surface area contributed by atoms with E-state index in [9.17, 15) is 9.59 Å². The number of carboxylic acids is 1. The molecule has 1 amide bonds. The summed E-state index contributed by atoms with van der Waals surface area (Å²) in [5.74, 6) is -0.395. The van der Waals surface area contributed by atoms with E-state index in [-0.39, 0.29) is 11.8 Å². The van der Waals surface area contributed by atoms with Gasteiger partial charge >= 0.3 is 5.97 Å². The van der Waals surface area contributed by atoms with Crippen molar-refractivity contribution in [2.75, 3.05) is 5.32 Å². The van der Waals surface area contributed by atoms with Crippen LogP contribution in [0.1, 0.15) is 57.4 Å². The van der Waals surface area contributed by atoms with Gasteiger partial charge in [0.2, 0.25) is 5.91 Å². The number of carbonyl (C=O) groups is 2. The standard InChI is InChI=1S/C18H25NO3/c1-3-13-4-6-15(7-5-13)17(20)19-16-10-8-14(9-11-16)12(2)18(21)22/h8-13,15H,3-7H2,1-2H3,(H,19,20)(H,21,22). The van der Waals surface area contributed by atoms with Gasteiger partial charge in [-0.05, 0) is 56.2 Å². The van der Waals surface area contributed by atoms with Crippen molar-refractivity contribution in [3.63, 3.8) is 0 Å². The summed E-state index contributed by atoms with van der Waals surface area (Å²) in [6.45, 7) is 3.87. The van der Waals surface area contributed by atoms with Gasteiger partial charge in [0.1, 0.15) is 0 Å². The summed E-state index contributed by atoms with van der Waals surface area (Å²) in [5.41, 5.74) is 1.48. The Balaban J connectivity index is 1.91. The number of amides is 1. The maximum Gasteiger partial charge on any atom is 0.310 e. The zero-order chi connectivity index (χ0) is 16.1. The van der Waals surface area contributed by atoms with Crippen molar-refractivity contribution >= 4 is 17.6 Å². The average Bonchev–Trinajstić information content (AvgIpc) is 2.54. The van der Waals surface area contributed by atoms with Gasteiger partial charge in [-0.25, -0.2) is 0 Å². The molecular weight excluding hydrogens is 278 g/mol. The SMILES string of the molecule is CCC1CCC(C(=O)Nc2ccc(C(C)C(=O)O)cc2)CC1. The topological polar surface area (TPSA) is 66.4 Å². The third kappa shape index (κ3) is 4.09. The Labute approximate surface area is 131 Å². The van der Waals surface area contributed by atoms with E-state index in [0.717, 1.165) is 42.9 Å². The molecule has 1 aromatic carbocycles. The van der Waals surface area contributed by atoms with Crippen molar-refractivity contribution < 1.29 is 14.7 Å². The fourth-order valence-electron chi connectivity index (χ4n) is 3.07. The number of nitrogens with one attached hydrogen (secondary N) is 1. The van der Waals surface area contributed by atoms with Gasteiger partial charge in [0.15, 0.2) is 0 Å². The highest BCUT2D eigenvalue weighted by molar-refractivity contribution is 5.92. The Bertz CT molecular complexity index is 516. The highest BCUT2D eigenvalue weighted by Gasteiger charge is 2.25. The van der Waals surface area contributed by atoms with E-state index in [0.29, 0.717) is 0 Å². The van der Waals surface area contributed by atoms with E-state index < -0.39 is 11.9 Å². The molecule has 120 valence electrons. The third-order valence-corrected chi connectivity index (χ3v) is 4.84. The smallest absolute Gasteiger partial charge is 0.310 e. The fraction of sp³-hybridized carbons (Fsp3) is 0.556. The molecule has 1 aliphatic carbocycles. The lowest BCUT2D eigenvalue weighted by Crippen LogP contribution is -2.27. The highest BCUT2D eigenvalue weighted by Crippen LogP contribution is 2.31. The molecule has 1 atom stereocenters. The number of anilines is 1. The van der Waals surface area contributed by atoms with Gasteiger partial charge in [0, 0.05) is 11.6 Å². The second-order valence-electron chi connectivity index (χ2n) is 6.30. The Morgan fingerprint density at radius 1 is 1.18 bits per heavy atom. The van der Waals surface area contributed by atoms with E-state index in [1.165, 1.54) is 6.42 Å². The van der Waals surface area contributed by atoms with Gasteiger partial charge < -0.3 is 10.4 Å². The van der Waals surface area contributed by atoms with E-state index in [4.69, 9.17) is 5.11 Å². The van der Waals surface area contributed by atoms with Crippen LogP contribution in [0.5, 0.6) is 0 Å². The summed E-state index contributed by atoms with van der Waals surface area (Å²) in [6.07, 6.45) is 5.43. The van der Waals surface area contributed by atoms with Crippen LogP contribution >= 0.6 is 0 Å². The first-order valence-electron chi connectivity index (χ1n) is 8.14. The summed E-state index contributed by atoms with van der Waals surface area (Å²) in [6, 6.07) is 7.10. The molecule has 2 N–H and O–H groups in total. The first-order chi connectivity index (χ1) is 10.5. The molecule has 2 rings (SSSR count). The zero-order valence-corrected chi connectivity index (χ0v) is 13.3. The van der Waals surface area contributed by atoms with E-state index in [2.05, 4.69) is 12.2 Å². The van der Waals surface area contributed by atoms with Crippen LogP contribution in [-0.2, 0) is 9.59 Å². The molecule has 0 saturated heterocycles. The van der Waals surface area contributed by atoms with Crippen molar-refractivity contribution in [2.24, 2.45) is 11.8 Å².